The molecule has 9 nitrogen and oxygen atoms in total. The first-order valence-electron chi connectivity index (χ1n) is 16.3. The lowest BCUT2D eigenvalue weighted by atomic mass is 9.68. The maximum absolute atomic E-state index is 13.6. The minimum Gasteiger partial charge on any atom is -0.490 e. The van der Waals surface area contributed by atoms with Crippen molar-refractivity contribution in [1.82, 2.24) is 9.03 Å². The van der Waals surface area contributed by atoms with E-state index < -0.39 is 22.2 Å². The molecule has 5 atom stereocenters. The van der Waals surface area contributed by atoms with Crippen molar-refractivity contribution in [2.45, 2.75) is 62.6 Å². The Hall–Kier alpha value is -2.89. The van der Waals surface area contributed by atoms with Crippen molar-refractivity contribution < 1.29 is 27.8 Å². The molecule has 6 rings (SSSR count). The molecule has 0 aromatic heterocycles. The maximum atomic E-state index is 13.6. The van der Waals surface area contributed by atoms with E-state index in [4.69, 9.17) is 21.1 Å². The summed E-state index contributed by atoms with van der Waals surface area (Å²) in [5.41, 5.74) is 3.12. The second kappa shape index (κ2) is 13.7. The van der Waals surface area contributed by atoms with Gasteiger partial charge in [0.05, 0.1) is 24.5 Å². The topological polar surface area (TPSA) is 108 Å². The van der Waals surface area contributed by atoms with Crippen molar-refractivity contribution in [3.8, 4) is 5.75 Å². The molecule has 0 radical (unpaired) electrons. The van der Waals surface area contributed by atoms with Crippen LogP contribution in [0.1, 0.15) is 60.0 Å². The molecule has 2 heterocycles. The van der Waals surface area contributed by atoms with Crippen LogP contribution in [-0.4, -0.2) is 75.3 Å². The molecule has 11 heteroatoms. The highest BCUT2D eigenvalue weighted by molar-refractivity contribution is 7.87. The van der Waals surface area contributed by atoms with Crippen molar-refractivity contribution in [2.24, 2.45) is 11.8 Å². The van der Waals surface area contributed by atoms with E-state index in [2.05, 4.69) is 34.9 Å². The van der Waals surface area contributed by atoms with E-state index in [0.29, 0.717) is 37.1 Å². The van der Waals surface area contributed by atoms with Crippen LogP contribution in [0.2, 0.25) is 5.02 Å². The summed E-state index contributed by atoms with van der Waals surface area (Å²) >= 11 is 6.40. The van der Waals surface area contributed by atoms with E-state index >= 15 is 0 Å². The highest BCUT2D eigenvalue weighted by atomic mass is 35.5. The van der Waals surface area contributed by atoms with E-state index in [1.54, 1.807) is 24.3 Å². The molecule has 1 saturated heterocycles. The summed E-state index contributed by atoms with van der Waals surface area (Å²) in [5, 5.41) is 11.3. The fraction of sp³-hybridized carbons (Fsp3) is 0.514. The van der Waals surface area contributed by atoms with Gasteiger partial charge in [0.15, 0.2) is 0 Å². The molecular formula is C35H44ClN3O6S. The lowest BCUT2D eigenvalue weighted by molar-refractivity contribution is 0.0460. The quantitative estimate of drug-likeness (QED) is 0.323. The zero-order valence-corrected chi connectivity index (χ0v) is 27.8. The van der Waals surface area contributed by atoms with Crippen LogP contribution in [-0.2, 0) is 26.8 Å². The first kappa shape index (κ1) is 33.0. The fourth-order valence-electron chi connectivity index (χ4n) is 7.66. The SMILES string of the molecule is C=CCN(C[C@H]1CCCO1)S(=O)(=O)NC(=O)c1ccc2c(c1)N(C[C@@H]1CC[C@H]1C(O)C=C)C[C@@]1(CCCc3cc(Cl)ccc31)CO2. The van der Waals surface area contributed by atoms with Gasteiger partial charge < -0.3 is 19.5 Å². The predicted molar refractivity (Wildman–Crippen MR) is 180 cm³/mol. The molecule has 46 heavy (non-hydrogen) atoms. The van der Waals surface area contributed by atoms with E-state index in [1.165, 1.54) is 21.5 Å². The van der Waals surface area contributed by atoms with E-state index in [-0.39, 0.29) is 42.0 Å². The van der Waals surface area contributed by atoms with Gasteiger partial charge in [0.25, 0.3) is 5.91 Å². The third-order valence-corrected chi connectivity index (χ3v) is 11.9. The zero-order valence-electron chi connectivity index (χ0n) is 26.2. The van der Waals surface area contributed by atoms with Gasteiger partial charge in [0, 0.05) is 48.8 Å². The van der Waals surface area contributed by atoms with Crippen molar-refractivity contribution in [3.63, 3.8) is 0 Å². The van der Waals surface area contributed by atoms with Crippen LogP contribution in [0.5, 0.6) is 5.75 Å². The number of ether oxygens (including phenoxy) is 2. The minimum atomic E-state index is -4.16. The summed E-state index contributed by atoms with van der Waals surface area (Å²) in [6.45, 7) is 10.1. The number of hydrogen-bond acceptors (Lipinski definition) is 7. The molecule has 1 unspecified atom stereocenters. The number of benzene rings is 2. The molecule has 0 bridgehead atoms. The van der Waals surface area contributed by atoms with Crippen molar-refractivity contribution in [2.75, 3.05) is 44.3 Å². The number of nitrogens with one attached hydrogen (secondary N) is 1. The molecule has 2 aromatic rings. The molecule has 1 amide bonds. The number of aliphatic hydroxyl groups excluding tert-OH is 1. The van der Waals surface area contributed by atoms with Crippen LogP contribution in [0.25, 0.3) is 0 Å². The van der Waals surface area contributed by atoms with Gasteiger partial charge in [-0.2, -0.15) is 12.7 Å². The number of nitrogens with zero attached hydrogens (tertiary/aromatic N) is 2. The molecule has 4 aliphatic rings. The summed E-state index contributed by atoms with van der Waals surface area (Å²) in [4.78, 5) is 15.8. The number of fused-ring (bicyclic) bond motifs is 3. The Balaban J connectivity index is 1.30. The monoisotopic (exact) mass is 669 g/mol. The summed E-state index contributed by atoms with van der Waals surface area (Å²) in [7, 11) is -4.16. The first-order chi connectivity index (χ1) is 22.1. The number of aliphatic hydroxyl groups is 1. The molecular weight excluding hydrogens is 626 g/mol. The van der Waals surface area contributed by atoms with Crippen LogP contribution in [0.15, 0.2) is 61.7 Å². The van der Waals surface area contributed by atoms with Crippen LogP contribution in [0.3, 0.4) is 0 Å². The highest BCUT2D eigenvalue weighted by Gasteiger charge is 2.44. The molecule has 1 spiro atoms. The lowest BCUT2D eigenvalue weighted by Gasteiger charge is -2.45. The Morgan fingerprint density at radius 2 is 2.04 bits per heavy atom. The van der Waals surface area contributed by atoms with E-state index in [0.717, 1.165) is 50.6 Å². The normalized spacial score (nSPS) is 26.3. The summed E-state index contributed by atoms with van der Waals surface area (Å²) < 4.78 is 42.4. The molecule has 2 fully saturated rings. The van der Waals surface area contributed by atoms with Gasteiger partial charge in [-0.1, -0.05) is 29.8 Å². The smallest absolute Gasteiger partial charge is 0.304 e. The molecule has 2 aromatic carbocycles. The molecule has 2 aliphatic heterocycles. The number of rotatable bonds is 11. The maximum Gasteiger partial charge on any atom is 0.304 e. The summed E-state index contributed by atoms with van der Waals surface area (Å²) in [6.07, 6.45) is 8.75. The number of carbonyl (C=O) groups excluding carboxylic acids is 1. The van der Waals surface area contributed by atoms with Gasteiger partial charge >= 0.3 is 10.2 Å². The zero-order chi connectivity index (χ0) is 32.5. The number of hydrogen-bond donors (Lipinski definition) is 2. The number of amides is 1. The van der Waals surface area contributed by atoms with Gasteiger partial charge in [-0.15, -0.1) is 13.2 Å². The number of halogens is 1. The van der Waals surface area contributed by atoms with Gasteiger partial charge in [-0.25, -0.2) is 4.72 Å². The lowest BCUT2D eigenvalue weighted by Crippen LogP contribution is -2.49. The highest BCUT2D eigenvalue weighted by Crippen LogP contribution is 2.46. The van der Waals surface area contributed by atoms with Crippen molar-refractivity contribution in [3.05, 3.63) is 83.4 Å². The Bertz CT molecular complexity index is 1580. The number of aryl methyl sites for hydroxylation is 1. The molecule has 248 valence electrons. The average Bonchev–Trinajstić information content (AvgIpc) is 3.49. The van der Waals surface area contributed by atoms with Crippen molar-refractivity contribution in [1.29, 1.82) is 0 Å². The Kier molecular flexibility index (Phi) is 9.83. The molecule has 2 aliphatic carbocycles. The summed E-state index contributed by atoms with van der Waals surface area (Å²) in [6, 6.07) is 11.2. The van der Waals surface area contributed by atoms with Crippen LogP contribution >= 0.6 is 11.6 Å². The van der Waals surface area contributed by atoms with Crippen LogP contribution < -0.4 is 14.4 Å². The number of carbonyl (C=O) groups is 1. The van der Waals surface area contributed by atoms with E-state index in [1.807, 2.05) is 6.07 Å². The van der Waals surface area contributed by atoms with Gasteiger partial charge in [0.2, 0.25) is 0 Å². The predicted octanol–water partition coefficient (Wildman–Crippen LogP) is 5.03. The Morgan fingerprint density at radius 1 is 1.20 bits per heavy atom. The third kappa shape index (κ3) is 6.73. The largest absolute Gasteiger partial charge is 0.490 e. The van der Waals surface area contributed by atoms with E-state index in [9.17, 15) is 18.3 Å². The minimum absolute atomic E-state index is 0.0577. The Morgan fingerprint density at radius 3 is 2.76 bits per heavy atom. The van der Waals surface area contributed by atoms with Crippen LogP contribution in [0.4, 0.5) is 5.69 Å². The molecule has 2 N–H and O–H groups in total. The Labute approximate surface area is 277 Å². The van der Waals surface area contributed by atoms with Crippen LogP contribution in [0, 0.1) is 11.8 Å². The van der Waals surface area contributed by atoms with Gasteiger partial charge in [-0.3, -0.25) is 4.79 Å². The second-order valence-electron chi connectivity index (χ2n) is 13.2. The average molecular weight is 670 g/mol. The number of anilines is 1. The first-order valence-corrected chi connectivity index (χ1v) is 18.1. The van der Waals surface area contributed by atoms with Gasteiger partial charge in [-0.05, 0) is 98.2 Å². The van der Waals surface area contributed by atoms with Crippen molar-refractivity contribution >= 4 is 33.4 Å². The second-order valence-corrected chi connectivity index (χ2v) is 15.3. The standard InChI is InChI=1S/C35H44ClN3O6S/c1-3-16-39(21-28-8-6-17-44-28)46(42,43)37-34(41)25-10-14-33-31(19-25)38(20-26-9-12-29(26)32(40)4-2)22-35(23-45-33)15-5-7-24-18-27(36)11-13-30(24)35/h3-4,10-11,13-14,18-19,26,28-29,32,40H,1-2,5-9,12,15-17,20-23H2,(H,37,41)/t26-,28+,29+,32?,35-/m0/s1. The summed E-state index contributed by atoms with van der Waals surface area (Å²) in [5.74, 6) is 0.260. The molecule has 1 saturated carbocycles. The van der Waals surface area contributed by atoms with Gasteiger partial charge in [0.1, 0.15) is 5.75 Å². The fourth-order valence-corrected chi connectivity index (χ4v) is 9.00. The third-order valence-electron chi connectivity index (χ3n) is 10.2.